The van der Waals surface area contributed by atoms with Gasteiger partial charge in [-0.3, -0.25) is 14.9 Å². The van der Waals surface area contributed by atoms with Crippen molar-refractivity contribution in [2.45, 2.75) is 18.2 Å². The molecule has 1 N–H and O–H groups in total. The van der Waals surface area contributed by atoms with Crippen LogP contribution in [-0.2, 0) is 19.4 Å². The first-order valence-corrected chi connectivity index (χ1v) is 8.03. The van der Waals surface area contributed by atoms with Crippen LogP contribution in [0.25, 0.3) is 0 Å². The number of hydrogen-bond acceptors (Lipinski definition) is 7. The Bertz CT molecular complexity index is 641. The van der Waals surface area contributed by atoms with Gasteiger partial charge in [-0.2, -0.15) is 0 Å². The van der Waals surface area contributed by atoms with Crippen LogP contribution in [0, 0.1) is 10.1 Å². The molecule has 0 aliphatic rings. The number of ether oxygens (including phenoxy) is 1. The lowest BCUT2D eigenvalue weighted by molar-refractivity contribution is -0.384. The van der Waals surface area contributed by atoms with E-state index in [4.69, 9.17) is 4.74 Å². The molecule has 0 heterocycles. The molecule has 0 aliphatic heterocycles. The fourth-order valence-electron chi connectivity index (χ4n) is 1.58. The zero-order valence-electron chi connectivity index (χ0n) is 11.7. The highest BCUT2D eigenvalue weighted by atomic mass is 32.2. The van der Waals surface area contributed by atoms with Crippen LogP contribution < -0.4 is 5.32 Å². The average Bonchev–Trinajstić information content (AvgIpc) is 2.37. The highest BCUT2D eigenvalue weighted by Crippen LogP contribution is 2.27. The maximum absolute atomic E-state index is 11.4. The number of rotatable bonds is 7. The number of carbonyl (C=O) groups is 1. The maximum Gasteiger partial charge on any atom is 0.307 e. The predicted molar refractivity (Wildman–Crippen MR) is 75.9 cm³/mol. The molecule has 0 spiro atoms. The van der Waals surface area contributed by atoms with E-state index in [1.807, 2.05) is 0 Å². The van der Waals surface area contributed by atoms with Crippen LogP contribution in [0.2, 0.25) is 0 Å². The summed E-state index contributed by atoms with van der Waals surface area (Å²) < 4.78 is 27.5. The van der Waals surface area contributed by atoms with Crippen molar-refractivity contribution < 1.29 is 22.9 Å². The predicted octanol–water partition coefficient (Wildman–Crippen LogP) is 1.36. The molecule has 1 rings (SSSR count). The Labute approximate surface area is 122 Å². The van der Waals surface area contributed by atoms with Gasteiger partial charge in [0.2, 0.25) is 0 Å². The van der Waals surface area contributed by atoms with Gasteiger partial charge in [0.15, 0.2) is 9.84 Å². The molecule has 0 saturated carbocycles. The monoisotopic (exact) mass is 316 g/mol. The summed E-state index contributed by atoms with van der Waals surface area (Å²) in [6.45, 7) is 2.10. The SMILES string of the molecule is CCOC(=O)CCNc1ccc(S(C)(=O)=O)cc1[N+](=O)[O-]. The van der Waals surface area contributed by atoms with E-state index in [2.05, 4.69) is 5.32 Å². The first-order chi connectivity index (χ1) is 9.75. The molecule has 0 aliphatic carbocycles. The van der Waals surface area contributed by atoms with Crippen LogP contribution in [0.5, 0.6) is 0 Å². The van der Waals surface area contributed by atoms with Crippen molar-refractivity contribution in [3.8, 4) is 0 Å². The third-order valence-corrected chi connectivity index (χ3v) is 3.65. The number of esters is 1. The molecule has 1 aromatic rings. The van der Waals surface area contributed by atoms with Gasteiger partial charge < -0.3 is 10.1 Å². The third-order valence-electron chi connectivity index (χ3n) is 2.54. The van der Waals surface area contributed by atoms with E-state index in [-0.39, 0.29) is 35.8 Å². The first-order valence-electron chi connectivity index (χ1n) is 6.13. The smallest absolute Gasteiger partial charge is 0.307 e. The molecule has 0 atom stereocenters. The van der Waals surface area contributed by atoms with Crippen molar-refractivity contribution >= 4 is 27.2 Å². The second-order valence-corrected chi connectivity index (χ2v) is 6.21. The van der Waals surface area contributed by atoms with E-state index in [1.54, 1.807) is 6.92 Å². The summed E-state index contributed by atoms with van der Waals surface area (Å²) >= 11 is 0. The van der Waals surface area contributed by atoms with Crippen molar-refractivity contribution in [1.29, 1.82) is 0 Å². The van der Waals surface area contributed by atoms with E-state index >= 15 is 0 Å². The largest absolute Gasteiger partial charge is 0.466 e. The molecule has 9 heteroatoms. The number of benzene rings is 1. The second kappa shape index (κ2) is 7.02. The molecule has 116 valence electrons. The van der Waals surface area contributed by atoms with Crippen LogP contribution in [0.1, 0.15) is 13.3 Å². The third kappa shape index (κ3) is 5.03. The number of anilines is 1. The second-order valence-electron chi connectivity index (χ2n) is 4.19. The fraction of sp³-hybridized carbons (Fsp3) is 0.417. The highest BCUT2D eigenvalue weighted by molar-refractivity contribution is 7.90. The summed E-state index contributed by atoms with van der Waals surface area (Å²) in [6.07, 6.45) is 1.03. The number of nitro benzene ring substituents is 1. The Morgan fingerprint density at radius 2 is 2.10 bits per heavy atom. The van der Waals surface area contributed by atoms with Gasteiger partial charge >= 0.3 is 5.97 Å². The standard InChI is InChI=1S/C12H16N2O6S/c1-3-20-12(15)6-7-13-10-5-4-9(21(2,18)19)8-11(10)14(16)17/h4-5,8,13H,3,6-7H2,1-2H3. The normalized spacial score (nSPS) is 11.0. The Morgan fingerprint density at radius 3 is 2.62 bits per heavy atom. The highest BCUT2D eigenvalue weighted by Gasteiger charge is 2.18. The zero-order valence-corrected chi connectivity index (χ0v) is 12.5. The molecule has 0 unspecified atom stereocenters. The van der Waals surface area contributed by atoms with Gasteiger partial charge in [0.05, 0.1) is 22.8 Å². The van der Waals surface area contributed by atoms with E-state index in [0.29, 0.717) is 0 Å². The number of carbonyl (C=O) groups excluding carboxylic acids is 1. The number of nitrogens with zero attached hydrogens (tertiary/aromatic N) is 1. The van der Waals surface area contributed by atoms with E-state index in [9.17, 15) is 23.3 Å². The summed E-state index contributed by atoms with van der Waals surface area (Å²) in [5.74, 6) is -0.416. The summed E-state index contributed by atoms with van der Waals surface area (Å²) in [5, 5.41) is 13.7. The molecule has 0 fully saturated rings. The summed E-state index contributed by atoms with van der Waals surface area (Å²) in [6, 6.07) is 3.57. The van der Waals surface area contributed by atoms with Gasteiger partial charge in [0, 0.05) is 18.9 Å². The van der Waals surface area contributed by atoms with E-state index in [0.717, 1.165) is 12.3 Å². The summed E-state index contributed by atoms with van der Waals surface area (Å²) in [5.41, 5.74) is -0.210. The number of nitro groups is 1. The molecule has 8 nitrogen and oxygen atoms in total. The first kappa shape index (κ1) is 16.9. The fourth-order valence-corrected chi connectivity index (χ4v) is 2.22. The lowest BCUT2D eigenvalue weighted by Gasteiger charge is -2.08. The Morgan fingerprint density at radius 1 is 1.43 bits per heavy atom. The van der Waals surface area contributed by atoms with Gasteiger partial charge in [-0.15, -0.1) is 0 Å². The van der Waals surface area contributed by atoms with Crippen molar-refractivity contribution in [1.82, 2.24) is 0 Å². The Kier molecular flexibility index (Phi) is 5.65. The van der Waals surface area contributed by atoms with Crippen molar-refractivity contribution in [2.75, 3.05) is 24.7 Å². The van der Waals surface area contributed by atoms with Gasteiger partial charge in [0.25, 0.3) is 5.69 Å². The lowest BCUT2D eigenvalue weighted by atomic mass is 10.2. The van der Waals surface area contributed by atoms with Gasteiger partial charge in [-0.05, 0) is 19.1 Å². The van der Waals surface area contributed by atoms with Crippen molar-refractivity contribution in [3.63, 3.8) is 0 Å². The lowest BCUT2D eigenvalue weighted by Crippen LogP contribution is -2.12. The Balaban J connectivity index is 2.88. The van der Waals surface area contributed by atoms with Crippen LogP contribution in [0.3, 0.4) is 0 Å². The molecular formula is C12H16N2O6S. The number of nitrogens with one attached hydrogen (secondary N) is 1. The minimum Gasteiger partial charge on any atom is -0.466 e. The average molecular weight is 316 g/mol. The Hall–Kier alpha value is -2.16. The molecule has 0 radical (unpaired) electrons. The van der Waals surface area contributed by atoms with Crippen LogP contribution in [-0.4, -0.2) is 38.7 Å². The molecule has 0 amide bonds. The molecule has 0 aromatic heterocycles. The minimum atomic E-state index is -3.52. The summed E-state index contributed by atoms with van der Waals surface area (Å²) in [7, 11) is -3.52. The maximum atomic E-state index is 11.4. The van der Waals surface area contributed by atoms with Gasteiger partial charge in [-0.25, -0.2) is 8.42 Å². The van der Waals surface area contributed by atoms with Gasteiger partial charge in [0.1, 0.15) is 5.69 Å². The van der Waals surface area contributed by atoms with Crippen molar-refractivity contribution in [2.24, 2.45) is 0 Å². The van der Waals surface area contributed by atoms with Crippen LogP contribution in [0.15, 0.2) is 23.1 Å². The van der Waals surface area contributed by atoms with Crippen LogP contribution in [0.4, 0.5) is 11.4 Å². The number of sulfone groups is 1. The van der Waals surface area contributed by atoms with E-state index in [1.165, 1.54) is 12.1 Å². The molecule has 0 bridgehead atoms. The molecule has 21 heavy (non-hydrogen) atoms. The topological polar surface area (TPSA) is 116 Å². The number of hydrogen-bond donors (Lipinski definition) is 1. The summed E-state index contributed by atoms with van der Waals surface area (Å²) in [4.78, 5) is 21.3. The molecule has 0 saturated heterocycles. The molecule has 1 aromatic carbocycles. The van der Waals surface area contributed by atoms with E-state index < -0.39 is 20.7 Å². The molecular weight excluding hydrogens is 300 g/mol. The van der Waals surface area contributed by atoms with Crippen molar-refractivity contribution in [3.05, 3.63) is 28.3 Å². The van der Waals surface area contributed by atoms with Crippen LogP contribution >= 0.6 is 0 Å². The zero-order chi connectivity index (χ0) is 16.0. The minimum absolute atomic E-state index is 0.0544. The van der Waals surface area contributed by atoms with Gasteiger partial charge in [-0.1, -0.05) is 0 Å². The quantitative estimate of drug-likeness (QED) is 0.458.